The van der Waals surface area contributed by atoms with Gasteiger partial charge >= 0.3 is 6.09 Å². The van der Waals surface area contributed by atoms with E-state index in [2.05, 4.69) is 13.0 Å². The van der Waals surface area contributed by atoms with E-state index < -0.39 is 0 Å². The van der Waals surface area contributed by atoms with Crippen molar-refractivity contribution in [2.75, 3.05) is 18.1 Å². The molecule has 0 aromatic heterocycles. The third-order valence-corrected chi connectivity index (χ3v) is 3.68. The van der Waals surface area contributed by atoms with E-state index in [9.17, 15) is 4.79 Å². The molecule has 1 aliphatic heterocycles. The monoisotopic (exact) mass is 262 g/mol. The second kappa shape index (κ2) is 6.06. The molecule has 1 fully saturated rings. The number of nitrogens with two attached hydrogens (primary N) is 1. The summed E-state index contributed by atoms with van der Waals surface area (Å²) in [4.78, 5) is 14.0. The number of benzene rings is 1. The summed E-state index contributed by atoms with van der Waals surface area (Å²) in [6.07, 6.45) is 2.32. The van der Waals surface area contributed by atoms with E-state index >= 15 is 0 Å². The highest BCUT2D eigenvalue weighted by Gasteiger charge is 2.32. The third-order valence-electron chi connectivity index (χ3n) is 3.68. The van der Waals surface area contributed by atoms with Crippen LogP contribution in [0.25, 0.3) is 0 Å². The molecule has 1 saturated heterocycles. The highest BCUT2D eigenvalue weighted by atomic mass is 16.6. The molecule has 4 heteroatoms. The Hall–Kier alpha value is -1.55. The lowest BCUT2D eigenvalue weighted by Gasteiger charge is -2.36. The lowest BCUT2D eigenvalue weighted by atomic mass is 10.0. The van der Waals surface area contributed by atoms with Crippen LogP contribution in [0.4, 0.5) is 10.5 Å². The minimum atomic E-state index is -0.242. The Morgan fingerprint density at radius 2 is 2.26 bits per heavy atom. The number of hydrogen-bond acceptors (Lipinski definition) is 3. The van der Waals surface area contributed by atoms with Gasteiger partial charge in [0.25, 0.3) is 0 Å². The molecule has 4 nitrogen and oxygen atoms in total. The first-order chi connectivity index (χ1) is 9.19. The van der Waals surface area contributed by atoms with Crippen LogP contribution < -0.4 is 10.6 Å². The maximum Gasteiger partial charge on any atom is 0.414 e. The normalized spacial score (nSPS) is 19.4. The molecule has 104 valence electrons. The number of hydrogen-bond donors (Lipinski definition) is 1. The quantitative estimate of drug-likeness (QED) is 0.907. The Morgan fingerprint density at radius 1 is 1.47 bits per heavy atom. The van der Waals surface area contributed by atoms with Crippen LogP contribution >= 0.6 is 0 Å². The average Bonchev–Trinajstić information content (AvgIpc) is 2.40. The molecule has 1 unspecified atom stereocenters. The molecular formula is C15H22N2O2. The maximum atomic E-state index is 12.2. The van der Waals surface area contributed by atoms with E-state index in [0.29, 0.717) is 13.2 Å². The first-order valence-electron chi connectivity index (χ1n) is 6.93. The molecule has 1 aromatic carbocycles. The molecule has 1 heterocycles. The van der Waals surface area contributed by atoms with Crippen molar-refractivity contribution in [3.63, 3.8) is 0 Å². The molecule has 19 heavy (non-hydrogen) atoms. The van der Waals surface area contributed by atoms with Crippen molar-refractivity contribution in [2.24, 2.45) is 5.73 Å². The highest BCUT2D eigenvalue weighted by molar-refractivity contribution is 5.91. The zero-order valence-corrected chi connectivity index (χ0v) is 11.7. The Bertz CT molecular complexity index is 457. The van der Waals surface area contributed by atoms with E-state index in [-0.39, 0.29) is 12.1 Å². The Labute approximate surface area is 114 Å². The van der Waals surface area contributed by atoms with E-state index in [1.807, 2.05) is 24.0 Å². The van der Waals surface area contributed by atoms with Gasteiger partial charge in [-0.1, -0.05) is 25.1 Å². The number of anilines is 1. The van der Waals surface area contributed by atoms with Gasteiger partial charge in [-0.3, -0.25) is 4.90 Å². The molecule has 2 N–H and O–H groups in total. The fourth-order valence-electron chi connectivity index (χ4n) is 2.72. The SMILES string of the molecule is CCc1cccc(C)c1N1C(=O)OCCC1CCN. The van der Waals surface area contributed by atoms with Crippen molar-refractivity contribution in [2.45, 2.75) is 39.2 Å². The number of rotatable bonds is 4. The van der Waals surface area contributed by atoms with Crippen molar-refractivity contribution in [1.29, 1.82) is 0 Å². The number of para-hydroxylation sites is 1. The Morgan fingerprint density at radius 3 is 2.95 bits per heavy atom. The standard InChI is InChI=1S/C15H22N2O2/c1-3-12-6-4-5-11(2)14(12)17-13(7-9-16)8-10-19-15(17)18/h4-6,13H,3,7-10,16H2,1-2H3. The fourth-order valence-corrected chi connectivity index (χ4v) is 2.72. The number of carbonyl (C=O) groups is 1. The van der Waals surface area contributed by atoms with E-state index in [4.69, 9.17) is 10.5 Å². The fraction of sp³-hybridized carbons (Fsp3) is 0.533. The summed E-state index contributed by atoms with van der Waals surface area (Å²) in [5, 5.41) is 0. The van der Waals surface area contributed by atoms with Crippen LogP contribution in [0, 0.1) is 6.92 Å². The molecule has 0 aliphatic carbocycles. The van der Waals surface area contributed by atoms with Crippen LogP contribution in [0.3, 0.4) is 0 Å². The van der Waals surface area contributed by atoms with Crippen LogP contribution in [0.2, 0.25) is 0 Å². The van der Waals surface area contributed by atoms with Gasteiger partial charge < -0.3 is 10.5 Å². The zero-order valence-electron chi connectivity index (χ0n) is 11.7. The van der Waals surface area contributed by atoms with Gasteiger partial charge in [-0.25, -0.2) is 4.79 Å². The lowest BCUT2D eigenvalue weighted by Crippen LogP contribution is -2.47. The van der Waals surface area contributed by atoms with E-state index in [1.54, 1.807) is 0 Å². The van der Waals surface area contributed by atoms with Crippen LogP contribution in [0.1, 0.15) is 30.9 Å². The van der Waals surface area contributed by atoms with Gasteiger partial charge in [-0.15, -0.1) is 0 Å². The minimum absolute atomic E-state index is 0.151. The van der Waals surface area contributed by atoms with Crippen LogP contribution in [-0.4, -0.2) is 25.3 Å². The number of ether oxygens (including phenoxy) is 1. The Balaban J connectivity index is 2.43. The summed E-state index contributed by atoms with van der Waals surface area (Å²) in [5.41, 5.74) is 8.98. The van der Waals surface area contributed by atoms with Crippen LogP contribution in [0.15, 0.2) is 18.2 Å². The first-order valence-corrected chi connectivity index (χ1v) is 6.93. The van der Waals surface area contributed by atoms with Gasteiger partial charge in [0, 0.05) is 12.5 Å². The largest absolute Gasteiger partial charge is 0.449 e. The second-order valence-corrected chi connectivity index (χ2v) is 4.94. The molecule has 1 amide bonds. The minimum Gasteiger partial charge on any atom is -0.449 e. The topological polar surface area (TPSA) is 55.6 Å². The van der Waals surface area contributed by atoms with Gasteiger partial charge in [0.1, 0.15) is 0 Å². The highest BCUT2D eigenvalue weighted by Crippen LogP contribution is 2.31. The maximum absolute atomic E-state index is 12.2. The number of carbonyl (C=O) groups excluding carboxylic acids is 1. The third kappa shape index (κ3) is 2.73. The van der Waals surface area contributed by atoms with Gasteiger partial charge in [0.15, 0.2) is 0 Å². The smallest absolute Gasteiger partial charge is 0.414 e. The molecule has 0 radical (unpaired) electrons. The van der Waals surface area contributed by atoms with Gasteiger partial charge in [0.2, 0.25) is 0 Å². The summed E-state index contributed by atoms with van der Waals surface area (Å²) in [5.74, 6) is 0. The van der Waals surface area contributed by atoms with Gasteiger partial charge in [-0.2, -0.15) is 0 Å². The second-order valence-electron chi connectivity index (χ2n) is 4.94. The number of amides is 1. The van der Waals surface area contributed by atoms with Crippen molar-refractivity contribution in [3.8, 4) is 0 Å². The molecule has 0 saturated carbocycles. The molecule has 1 atom stereocenters. The predicted molar refractivity (Wildman–Crippen MR) is 76.5 cm³/mol. The number of cyclic esters (lactones) is 1. The summed E-state index contributed by atoms with van der Waals surface area (Å²) < 4.78 is 5.22. The van der Waals surface area contributed by atoms with Crippen LogP contribution in [-0.2, 0) is 11.2 Å². The van der Waals surface area contributed by atoms with Crippen molar-refractivity contribution >= 4 is 11.8 Å². The predicted octanol–water partition coefficient (Wildman–Crippen LogP) is 2.62. The van der Waals surface area contributed by atoms with E-state index in [0.717, 1.165) is 30.5 Å². The first kappa shape index (κ1) is 13.9. The van der Waals surface area contributed by atoms with Crippen molar-refractivity contribution < 1.29 is 9.53 Å². The van der Waals surface area contributed by atoms with Crippen molar-refractivity contribution in [3.05, 3.63) is 29.3 Å². The summed E-state index contributed by atoms with van der Waals surface area (Å²) in [7, 11) is 0. The molecule has 1 aliphatic rings. The van der Waals surface area contributed by atoms with Crippen molar-refractivity contribution in [1.82, 2.24) is 0 Å². The molecule has 2 rings (SSSR count). The number of aryl methyl sites for hydroxylation is 2. The average molecular weight is 262 g/mol. The molecule has 0 spiro atoms. The van der Waals surface area contributed by atoms with Gasteiger partial charge in [0.05, 0.1) is 12.3 Å². The Kier molecular flexibility index (Phi) is 4.43. The van der Waals surface area contributed by atoms with E-state index in [1.165, 1.54) is 5.56 Å². The summed E-state index contributed by atoms with van der Waals surface area (Å²) in [6.45, 7) is 5.22. The van der Waals surface area contributed by atoms with Crippen LogP contribution in [0.5, 0.6) is 0 Å². The summed E-state index contributed by atoms with van der Waals surface area (Å²) >= 11 is 0. The molecule has 0 bridgehead atoms. The molecule has 1 aromatic rings. The van der Waals surface area contributed by atoms with Gasteiger partial charge in [-0.05, 0) is 37.4 Å². The molecular weight excluding hydrogens is 240 g/mol. The number of nitrogens with zero attached hydrogens (tertiary/aromatic N) is 1. The summed E-state index contributed by atoms with van der Waals surface area (Å²) in [6, 6.07) is 6.29. The lowest BCUT2D eigenvalue weighted by molar-refractivity contribution is 0.128. The zero-order chi connectivity index (χ0) is 13.8.